The van der Waals surface area contributed by atoms with Gasteiger partial charge in [-0.1, -0.05) is 27.2 Å². The highest BCUT2D eigenvalue weighted by Gasteiger charge is 2.29. The summed E-state index contributed by atoms with van der Waals surface area (Å²) in [6.45, 7) is 10.1. The predicted molar refractivity (Wildman–Crippen MR) is 88.8 cm³/mol. The zero-order valence-electron chi connectivity index (χ0n) is 13.2. The van der Waals surface area contributed by atoms with Crippen LogP contribution in [0.15, 0.2) is 17.8 Å². The second-order valence-corrected chi connectivity index (χ2v) is 7.09. The summed E-state index contributed by atoms with van der Waals surface area (Å²) in [6.07, 6.45) is 6.71. The van der Waals surface area contributed by atoms with Gasteiger partial charge >= 0.3 is 0 Å². The highest BCUT2D eigenvalue weighted by molar-refractivity contribution is 7.15. The fourth-order valence-electron chi connectivity index (χ4n) is 3.20. The number of nitrogens with zero attached hydrogens (tertiary/aromatic N) is 3. The number of thiazole rings is 1. The summed E-state index contributed by atoms with van der Waals surface area (Å²) < 4.78 is 2.13. The fourth-order valence-corrected chi connectivity index (χ4v) is 3.92. The van der Waals surface area contributed by atoms with Crippen LogP contribution in [0.3, 0.4) is 0 Å². The van der Waals surface area contributed by atoms with E-state index in [0.29, 0.717) is 12.1 Å². The van der Waals surface area contributed by atoms with Crippen molar-refractivity contribution in [1.29, 1.82) is 0 Å². The Morgan fingerprint density at radius 3 is 3.05 bits per heavy atom. The maximum Gasteiger partial charge on any atom is 0.193 e. The van der Waals surface area contributed by atoms with Gasteiger partial charge in [0.1, 0.15) is 0 Å². The van der Waals surface area contributed by atoms with E-state index in [0.717, 1.165) is 30.5 Å². The first-order valence-electron chi connectivity index (χ1n) is 8.09. The zero-order valence-corrected chi connectivity index (χ0v) is 14.1. The number of piperazine rings is 1. The molecular weight excluding hydrogens is 280 g/mol. The van der Waals surface area contributed by atoms with E-state index < -0.39 is 0 Å². The largest absolute Gasteiger partial charge is 0.311 e. The van der Waals surface area contributed by atoms with Gasteiger partial charge in [-0.25, -0.2) is 4.98 Å². The predicted octanol–water partition coefficient (Wildman–Crippen LogP) is 2.99. The van der Waals surface area contributed by atoms with Crippen molar-refractivity contribution in [3.8, 4) is 0 Å². The van der Waals surface area contributed by atoms with Crippen molar-refractivity contribution in [2.24, 2.45) is 5.92 Å². The van der Waals surface area contributed by atoms with Crippen LogP contribution in [-0.4, -0.2) is 39.5 Å². The Hall–Kier alpha value is -0.910. The third-order valence-corrected chi connectivity index (χ3v) is 5.64. The van der Waals surface area contributed by atoms with Crippen molar-refractivity contribution in [2.45, 2.75) is 52.2 Å². The van der Waals surface area contributed by atoms with Crippen molar-refractivity contribution >= 4 is 16.3 Å². The van der Waals surface area contributed by atoms with Crippen molar-refractivity contribution in [3.05, 3.63) is 23.5 Å². The number of fused-ring (bicyclic) bond motifs is 1. The summed E-state index contributed by atoms with van der Waals surface area (Å²) in [6, 6.07) is 1.24. The first kappa shape index (κ1) is 15.0. The number of rotatable bonds is 5. The molecule has 2 aromatic rings. The van der Waals surface area contributed by atoms with E-state index in [4.69, 9.17) is 4.98 Å². The maximum absolute atomic E-state index is 4.75. The summed E-state index contributed by atoms with van der Waals surface area (Å²) in [4.78, 5) is 8.47. The molecule has 1 aliphatic rings. The number of hydrogen-bond donors (Lipinski definition) is 1. The van der Waals surface area contributed by atoms with Gasteiger partial charge in [-0.05, 0) is 12.3 Å². The topological polar surface area (TPSA) is 32.6 Å². The Morgan fingerprint density at radius 2 is 2.33 bits per heavy atom. The lowest BCUT2D eigenvalue weighted by atomic mass is 9.95. The number of aromatic nitrogens is 2. The molecule has 3 heterocycles. The quantitative estimate of drug-likeness (QED) is 0.922. The zero-order chi connectivity index (χ0) is 14.8. The summed E-state index contributed by atoms with van der Waals surface area (Å²) in [5.74, 6) is 0.732. The molecule has 5 heteroatoms. The van der Waals surface area contributed by atoms with E-state index >= 15 is 0 Å². The summed E-state index contributed by atoms with van der Waals surface area (Å²) in [5.41, 5.74) is 1.20. The first-order chi connectivity index (χ1) is 10.2. The average Bonchev–Trinajstić information content (AvgIpc) is 3.07. The third kappa shape index (κ3) is 3.15. The monoisotopic (exact) mass is 306 g/mol. The Morgan fingerprint density at radius 1 is 1.48 bits per heavy atom. The lowest BCUT2D eigenvalue weighted by Crippen LogP contribution is -2.57. The minimum absolute atomic E-state index is 0.613. The molecule has 0 spiro atoms. The molecule has 1 N–H and O–H groups in total. The minimum atomic E-state index is 0.613. The van der Waals surface area contributed by atoms with Gasteiger partial charge in [0.05, 0.1) is 5.69 Å². The van der Waals surface area contributed by atoms with Crippen LogP contribution in [0.4, 0.5) is 0 Å². The van der Waals surface area contributed by atoms with Crippen LogP contribution in [0.1, 0.15) is 39.3 Å². The summed E-state index contributed by atoms with van der Waals surface area (Å²) in [7, 11) is 0. The standard InChI is InChI=1S/C16H26N4S/c1-4-12(3)15-11-20(14(5-2)8-17-15)10-13-9-19-6-7-21-16(19)18-13/h6-7,9,12,14-15,17H,4-5,8,10-11H2,1-3H3. The molecule has 1 aliphatic heterocycles. The Labute approximate surface area is 131 Å². The van der Waals surface area contributed by atoms with Gasteiger partial charge in [-0.3, -0.25) is 9.30 Å². The van der Waals surface area contributed by atoms with E-state index in [1.165, 1.54) is 18.5 Å². The second kappa shape index (κ2) is 6.46. The van der Waals surface area contributed by atoms with Gasteiger partial charge in [0, 0.05) is 49.5 Å². The molecule has 3 unspecified atom stereocenters. The molecule has 21 heavy (non-hydrogen) atoms. The fraction of sp³-hybridized carbons (Fsp3) is 0.688. The highest BCUT2D eigenvalue weighted by atomic mass is 32.1. The van der Waals surface area contributed by atoms with E-state index in [-0.39, 0.29) is 0 Å². The van der Waals surface area contributed by atoms with Gasteiger partial charge in [-0.2, -0.15) is 0 Å². The van der Waals surface area contributed by atoms with Gasteiger partial charge < -0.3 is 5.32 Å². The minimum Gasteiger partial charge on any atom is -0.311 e. The molecule has 116 valence electrons. The highest BCUT2D eigenvalue weighted by Crippen LogP contribution is 2.20. The summed E-state index contributed by atoms with van der Waals surface area (Å²) in [5, 5.41) is 5.83. The normalized spacial score (nSPS) is 25.5. The lowest BCUT2D eigenvalue weighted by Gasteiger charge is -2.41. The van der Waals surface area contributed by atoms with Crippen molar-refractivity contribution < 1.29 is 0 Å². The maximum atomic E-state index is 4.75. The molecule has 2 aromatic heterocycles. The first-order valence-corrected chi connectivity index (χ1v) is 8.97. The molecule has 0 amide bonds. The molecule has 0 saturated carbocycles. The molecule has 0 aliphatic carbocycles. The molecule has 3 atom stereocenters. The average molecular weight is 306 g/mol. The Kier molecular flexibility index (Phi) is 4.62. The van der Waals surface area contributed by atoms with E-state index in [9.17, 15) is 0 Å². The van der Waals surface area contributed by atoms with Crippen LogP contribution in [-0.2, 0) is 6.54 Å². The summed E-state index contributed by atoms with van der Waals surface area (Å²) >= 11 is 1.71. The van der Waals surface area contributed by atoms with E-state index in [2.05, 4.69) is 53.2 Å². The van der Waals surface area contributed by atoms with Crippen molar-refractivity contribution in [3.63, 3.8) is 0 Å². The number of nitrogens with one attached hydrogen (secondary N) is 1. The van der Waals surface area contributed by atoms with Crippen LogP contribution in [0, 0.1) is 5.92 Å². The number of imidazole rings is 1. The third-order valence-electron chi connectivity index (χ3n) is 4.87. The van der Waals surface area contributed by atoms with Crippen molar-refractivity contribution in [1.82, 2.24) is 19.6 Å². The molecular formula is C16H26N4S. The van der Waals surface area contributed by atoms with Gasteiger partial charge in [0.25, 0.3) is 0 Å². The Balaban J connectivity index is 1.72. The van der Waals surface area contributed by atoms with Gasteiger partial charge in [0.15, 0.2) is 4.96 Å². The second-order valence-electron chi connectivity index (χ2n) is 6.22. The Bertz CT molecular complexity index is 547. The SMILES string of the molecule is CCC(C)C1CN(Cc2cn3ccsc3n2)C(CC)CN1. The molecule has 0 bridgehead atoms. The van der Waals surface area contributed by atoms with Crippen LogP contribution in [0.5, 0.6) is 0 Å². The van der Waals surface area contributed by atoms with Crippen LogP contribution < -0.4 is 5.32 Å². The van der Waals surface area contributed by atoms with E-state index in [1.807, 2.05) is 0 Å². The lowest BCUT2D eigenvalue weighted by molar-refractivity contribution is 0.0982. The molecule has 3 rings (SSSR count). The molecule has 1 saturated heterocycles. The van der Waals surface area contributed by atoms with Crippen LogP contribution >= 0.6 is 11.3 Å². The van der Waals surface area contributed by atoms with Gasteiger partial charge in [-0.15, -0.1) is 11.3 Å². The van der Waals surface area contributed by atoms with E-state index in [1.54, 1.807) is 11.3 Å². The molecule has 4 nitrogen and oxygen atoms in total. The van der Waals surface area contributed by atoms with Gasteiger partial charge in [0.2, 0.25) is 0 Å². The molecule has 1 fully saturated rings. The molecule has 0 radical (unpaired) electrons. The smallest absolute Gasteiger partial charge is 0.193 e. The van der Waals surface area contributed by atoms with Crippen LogP contribution in [0.2, 0.25) is 0 Å². The number of hydrogen-bond acceptors (Lipinski definition) is 4. The van der Waals surface area contributed by atoms with Crippen LogP contribution in [0.25, 0.3) is 4.96 Å². The molecule has 0 aromatic carbocycles. The van der Waals surface area contributed by atoms with Crippen molar-refractivity contribution in [2.75, 3.05) is 13.1 Å².